The van der Waals surface area contributed by atoms with Crippen molar-refractivity contribution < 1.29 is 0 Å². The second-order valence-electron chi connectivity index (χ2n) is 5.97. The fraction of sp³-hybridized carbons (Fsp3) is 0.222. The summed E-state index contributed by atoms with van der Waals surface area (Å²) in [6.07, 6.45) is 5.44. The Morgan fingerprint density at radius 1 is 0.870 bits per heavy atom. The Hall–Kier alpha value is -0.860. The molecule has 0 amide bonds. The molecule has 0 radical (unpaired) electrons. The van der Waals surface area contributed by atoms with Crippen LogP contribution in [0.4, 0.5) is 5.69 Å². The summed E-state index contributed by atoms with van der Waals surface area (Å²) in [5.74, 6) is 0.646. The second kappa shape index (κ2) is 5.89. The number of allylic oxidation sites excluding steroid dienone is 2. The molecule has 0 spiro atoms. The van der Waals surface area contributed by atoms with Crippen molar-refractivity contribution in [3.8, 4) is 0 Å². The predicted octanol–water partition coefficient (Wildman–Crippen LogP) is 7.13. The number of rotatable bonds is 1. The van der Waals surface area contributed by atoms with E-state index in [4.69, 9.17) is 46.4 Å². The molecule has 1 aliphatic carbocycles. The van der Waals surface area contributed by atoms with Crippen LogP contribution in [-0.4, -0.2) is 0 Å². The van der Waals surface area contributed by atoms with E-state index in [0.29, 0.717) is 21.0 Å². The lowest BCUT2D eigenvalue weighted by Crippen LogP contribution is -2.29. The van der Waals surface area contributed by atoms with E-state index in [0.717, 1.165) is 28.3 Å². The van der Waals surface area contributed by atoms with Crippen molar-refractivity contribution in [1.29, 1.82) is 0 Å². The number of hydrogen-bond acceptors (Lipinski definition) is 1. The summed E-state index contributed by atoms with van der Waals surface area (Å²) in [6, 6.07) is 9.61. The highest BCUT2D eigenvalue weighted by atomic mass is 35.5. The molecule has 0 bridgehead atoms. The molecule has 1 aliphatic heterocycles. The molecule has 0 unspecified atom stereocenters. The van der Waals surface area contributed by atoms with E-state index < -0.39 is 0 Å². The van der Waals surface area contributed by atoms with E-state index in [1.165, 1.54) is 0 Å². The van der Waals surface area contributed by atoms with Crippen molar-refractivity contribution in [3.05, 3.63) is 73.7 Å². The van der Waals surface area contributed by atoms with Crippen molar-refractivity contribution in [3.63, 3.8) is 0 Å². The smallest absolute Gasteiger partial charge is 0.0641 e. The van der Waals surface area contributed by atoms with Gasteiger partial charge in [0, 0.05) is 16.5 Å². The van der Waals surface area contributed by atoms with Crippen LogP contribution in [0, 0.1) is 5.92 Å². The zero-order chi connectivity index (χ0) is 16.1. The van der Waals surface area contributed by atoms with E-state index in [2.05, 4.69) is 17.5 Å². The lowest BCUT2D eigenvalue weighted by molar-refractivity contribution is 0.426. The van der Waals surface area contributed by atoms with E-state index in [9.17, 15) is 0 Å². The van der Waals surface area contributed by atoms with Crippen LogP contribution in [-0.2, 0) is 0 Å². The molecule has 4 rings (SSSR count). The van der Waals surface area contributed by atoms with Gasteiger partial charge in [-0.15, -0.1) is 0 Å². The third-order valence-electron chi connectivity index (χ3n) is 4.72. The second-order valence-corrected chi connectivity index (χ2v) is 7.60. The number of anilines is 1. The molecule has 0 fully saturated rings. The highest BCUT2D eigenvalue weighted by Gasteiger charge is 2.39. The Morgan fingerprint density at radius 3 is 2.39 bits per heavy atom. The standard InChI is InChI=1S/C18H13Cl4N/c19-12-5-4-9(8-15(12)22)17-11-3-1-2-10(11)16-13(20)6-7-14(21)18(16)23-17/h1-2,4-8,10-11,17,23H,3H2/t10-,11+,17+/m1/s1. The maximum atomic E-state index is 6.45. The van der Waals surface area contributed by atoms with Gasteiger partial charge < -0.3 is 5.32 Å². The Bertz CT molecular complexity index is 815. The van der Waals surface area contributed by atoms with Gasteiger partial charge in [-0.05, 0) is 42.2 Å². The van der Waals surface area contributed by atoms with Crippen LogP contribution >= 0.6 is 46.4 Å². The van der Waals surface area contributed by atoms with Gasteiger partial charge in [0.05, 0.1) is 26.8 Å². The normalized spacial score (nSPS) is 25.0. The first kappa shape index (κ1) is 15.7. The molecule has 0 saturated heterocycles. The van der Waals surface area contributed by atoms with Gasteiger partial charge >= 0.3 is 0 Å². The van der Waals surface area contributed by atoms with Crippen molar-refractivity contribution in [2.75, 3.05) is 5.32 Å². The van der Waals surface area contributed by atoms with Gasteiger partial charge in [0.2, 0.25) is 0 Å². The molecule has 3 atom stereocenters. The molecule has 23 heavy (non-hydrogen) atoms. The van der Waals surface area contributed by atoms with E-state index >= 15 is 0 Å². The van der Waals surface area contributed by atoms with Crippen molar-refractivity contribution in [2.45, 2.75) is 18.4 Å². The van der Waals surface area contributed by atoms with Gasteiger partial charge in [-0.2, -0.15) is 0 Å². The molecule has 1 nitrogen and oxygen atoms in total. The molecule has 1 N–H and O–H groups in total. The minimum Gasteiger partial charge on any atom is -0.376 e. The van der Waals surface area contributed by atoms with Gasteiger partial charge in [-0.25, -0.2) is 0 Å². The maximum absolute atomic E-state index is 6.45. The summed E-state index contributed by atoms with van der Waals surface area (Å²) in [7, 11) is 0. The molecule has 0 aromatic heterocycles. The van der Waals surface area contributed by atoms with Gasteiger partial charge in [0.15, 0.2) is 0 Å². The summed E-state index contributed by atoms with van der Waals surface area (Å²) in [5.41, 5.74) is 3.12. The molecule has 2 aliphatic rings. The molecule has 2 aromatic carbocycles. The van der Waals surface area contributed by atoms with E-state index in [1.807, 2.05) is 30.3 Å². The lowest BCUT2D eigenvalue weighted by Gasteiger charge is -2.38. The first-order valence-corrected chi connectivity index (χ1v) is 8.93. The topological polar surface area (TPSA) is 12.0 Å². The van der Waals surface area contributed by atoms with E-state index in [-0.39, 0.29) is 12.0 Å². The van der Waals surface area contributed by atoms with Crippen LogP contribution in [0.2, 0.25) is 20.1 Å². The number of benzene rings is 2. The quantitative estimate of drug-likeness (QED) is 0.515. The minimum atomic E-state index is 0.119. The largest absolute Gasteiger partial charge is 0.376 e. The lowest BCUT2D eigenvalue weighted by atomic mass is 9.77. The molecular formula is C18H13Cl4N. The molecular weight excluding hydrogens is 372 g/mol. The highest BCUT2D eigenvalue weighted by Crippen LogP contribution is 2.53. The first-order valence-electron chi connectivity index (χ1n) is 7.42. The average Bonchev–Trinajstić information content (AvgIpc) is 3.02. The Balaban J connectivity index is 1.84. The monoisotopic (exact) mass is 383 g/mol. The summed E-state index contributed by atoms with van der Waals surface area (Å²) in [5, 5.41) is 6.16. The first-order chi connectivity index (χ1) is 11.1. The summed E-state index contributed by atoms with van der Waals surface area (Å²) >= 11 is 25.1. The number of nitrogens with one attached hydrogen (secondary N) is 1. The van der Waals surface area contributed by atoms with Crippen LogP contribution in [0.5, 0.6) is 0 Å². The van der Waals surface area contributed by atoms with Gasteiger partial charge in [-0.1, -0.05) is 64.6 Å². The van der Waals surface area contributed by atoms with Crippen molar-refractivity contribution in [1.82, 2.24) is 0 Å². The van der Waals surface area contributed by atoms with Crippen LogP contribution in [0.15, 0.2) is 42.5 Å². The van der Waals surface area contributed by atoms with Crippen molar-refractivity contribution in [2.24, 2.45) is 5.92 Å². The number of hydrogen-bond donors (Lipinski definition) is 1. The highest BCUT2D eigenvalue weighted by molar-refractivity contribution is 6.42. The molecule has 2 aromatic rings. The van der Waals surface area contributed by atoms with Crippen LogP contribution in [0.3, 0.4) is 0 Å². The Morgan fingerprint density at radius 2 is 1.61 bits per heavy atom. The third-order valence-corrected chi connectivity index (χ3v) is 6.10. The molecule has 1 heterocycles. The maximum Gasteiger partial charge on any atom is 0.0641 e. The zero-order valence-electron chi connectivity index (χ0n) is 12.0. The van der Waals surface area contributed by atoms with Crippen LogP contribution in [0.25, 0.3) is 0 Å². The zero-order valence-corrected chi connectivity index (χ0v) is 15.0. The third kappa shape index (κ3) is 2.55. The van der Waals surface area contributed by atoms with Gasteiger partial charge in [0.25, 0.3) is 0 Å². The van der Waals surface area contributed by atoms with Crippen molar-refractivity contribution >= 4 is 52.1 Å². The van der Waals surface area contributed by atoms with Crippen LogP contribution < -0.4 is 5.32 Å². The van der Waals surface area contributed by atoms with Gasteiger partial charge in [0.1, 0.15) is 0 Å². The molecule has 5 heteroatoms. The Kier molecular flexibility index (Phi) is 4.01. The minimum absolute atomic E-state index is 0.119. The fourth-order valence-corrected chi connectivity index (χ4v) is 4.47. The summed E-state index contributed by atoms with van der Waals surface area (Å²) in [4.78, 5) is 0. The Labute approximate surface area is 155 Å². The number of fused-ring (bicyclic) bond motifs is 3. The summed E-state index contributed by atoms with van der Waals surface area (Å²) in [6.45, 7) is 0. The number of halogens is 4. The predicted molar refractivity (Wildman–Crippen MR) is 99.3 cm³/mol. The fourth-order valence-electron chi connectivity index (χ4n) is 3.66. The average molecular weight is 385 g/mol. The molecule has 118 valence electrons. The summed E-state index contributed by atoms with van der Waals surface area (Å²) < 4.78 is 0. The van der Waals surface area contributed by atoms with Crippen LogP contribution in [0.1, 0.15) is 29.5 Å². The molecule has 0 saturated carbocycles. The van der Waals surface area contributed by atoms with E-state index in [1.54, 1.807) is 0 Å². The van der Waals surface area contributed by atoms with Gasteiger partial charge in [-0.3, -0.25) is 0 Å². The SMILES string of the molecule is Clc1ccc([C@@H]2Nc3c(Cl)ccc(Cl)c3[C@@H]3C=CC[C@@H]32)cc1Cl.